The molecule has 0 N–H and O–H groups in total. The van der Waals surface area contributed by atoms with Gasteiger partial charge in [0.1, 0.15) is 0 Å². The van der Waals surface area contributed by atoms with Crippen molar-refractivity contribution in [3.05, 3.63) is 35.9 Å². The predicted octanol–water partition coefficient (Wildman–Crippen LogP) is 4.62. The highest BCUT2D eigenvalue weighted by Crippen LogP contribution is 2.22. The molecular weight excluding hydrogens is 244 g/mol. The maximum atomic E-state index is 9.03. The Bertz CT molecular complexity index is 415. The Morgan fingerprint density at radius 2 is 1.80 bits per heavy atom. The summed E-state index contributed by atoms with van der Waals surface area (Å²) in [5, 5.41) is 9.03. The fraction of sp³-hybridized carbons (Fsp3) is 0.611. The summed E-state index contributed by atoms with van der Waals surface area (Å²) in [6.07, 6.45) is 3.27. The lowest BCUT2D eigenvalue weighted by atomic mass is 9.89. The maximum absolute atomic E-state index is 9.03. The Balaban J connectivity index is 2.39. The molecule has 110 valence electrons. The zero-order valence-electron chi connectivity index (χ0n) is 13.4. The molecule has 0 saturated heterocycles. The van der Waals surface area contributed by atoms with Crippen LogP contribution in [0.2, 0.25) is 0 Å². The van der Waals surface area contributed by atoms with Crippen LogP contribution in [0.5, 0.6) is 0 Å². The van der Waals surface area contributed by atoms with Crippen LogP contribution >= 0.6 is 0 Å². The van der Waals surface area contributed by atoms with Gasteiger partial charge in [-0.2, -0.15) is 5.26 Å². The van der Waals surface area contributed by atoms with Gasteiger partial charge in [0.2, 0.25) is 0 Å². The second kappa shape index (κ2) is 8.07. The maximum Gasteiger partial charge on any atom is 0.0683 e. The van der Waals surface area contributed by atoms with Crippen molar-refractivity contribution in [1.29, 1.82) is 5.26 Å². The molecule has 0 saturated carbocycles. The average Bonchev–Trinajstić information content (AvgIpc) is 2.43. The van der Waals surface area contributed by atoms with E-state index >= 15 is 0 Å². The molecule has 2 heteroatoms. The van der Waals surface area contributed by atoms with E-state index in [1.165, 1.54) is 5.56 Å². The molecule has 0 aliphatic rings. The number of rotatable bonds is 8. The van der Waals surface area contributed by atoms with E-state index < -0.39 is 0 Å². The summed E-state index contributed by atoms with van der Waals surface area (Å²) in [6, 6.07) is 13.6. The van der Waals surface area contributed by atoms with E-state index in [0.29, 0.717) is 6.04 Å². The number of hydrogen-bond acceptors (Lipinski definition) is 2. The number of unbranched alkanes of at least 4 members (excludes halogenated alkanes) is 1. The largest absolute Gasteiger partial charge is 0.297 e. The summed E-state index contributed by atoms with van der Waals surface area (Å²) in [5.41, 5.74) is 1.20. The summed E-state index contributed by atoms with van der Waals surface area (Å²) >= 11 is 0. The van der Waals surface area contributed by atoms with Crippen LogP contribution in [0.3, 0.4) is 0 Å². The van der Waals surface area contributed by atoms with Crippen LogP contribution < -0.4 is 0 Å². The molecule has 1 aromatic rings. The van der Waals surface area contributed by atoms with Crippen LogP contribution in [0.15, 0.2) is 30.3 Å². The van der Waals surface area contributed by atoms with Gasteiger partial charge < -0.3 is 0 Å². The SMILES string of the molecule is CC(C)N(CCCCC(C)(C)C#N)Cc1ccccc1. The monoisotopic (exact) mass is 272 g/mol. The second-order valence-electron chi connectivity index (χ2n) is 6.50. The summed E-state index contributed by atoms with van der Waals surface area (Å²) < 4.78 is 0. The lowest BCUT2D eigenvalue weighted by Gasteiger charge is -2.27. The van der Waals surface area contributed by atoms with Crippen molar-refractivity contribution in [3.63, 3.8) is 0 Å². The molecule has 20 heavy (non-hydrogen) atoms. The smallest absolute Gasteiger partial charge is 0.0683 e. The zero-order chi connectivity index (χ0) is 15.0. The Labute approximate surface area is 124 Å². The van der Waals surface area contributed by atoms with Crippen LogP contribution in [0.25, 0.3) is 0 Å². The molecule has 0 aromatic heterocycles. The van der Waals surface area contributed by atoms with Gasteiger partial charge in [-0.05, 0) is 52.6 Å². The molecule has 0 atom stereocenters. The second-order valence-corrected chi connectivity index (χ2v) is 6.50. The molecule has 0 bridgehead atoms. The highest BCUT2D eigenvalue weighted by molar-refractivity contribution is 5.14. The highest BCUT2D eigenvalue weighted by Gasteiger charge is 2.16. The fourth-order valence-electron chi connectivity index (χ4n) is 2.28. The Kier molecular flexibility index (Phi) is 6.75. The molecule has 0 aliphatic heterocycles. The predicted molar refractivity (Wildman–Crippen MR) is 85.2 cm³/mol. The van der Waals surface area contributed by atoms with Crippen molar-refractivity contribution >= 4 is 0 Å². The van der Waals surface area contributed by atoms with Crippen LogP contribution in [0, 0.1) is 16.7 Å². The molecule has 0 aliphatic carbocycles. The molecule has 1 aromatic carbocycles. The minimum atomic E-state index is -0.178. The van der Waals surface area contributed by atoms with Gasteiger partial charge in [-0.25, -0.2) is 0 Å². The van der Waals surface area contributed by atoms with E-state index in [4.69, 9.17) is 5.26 Å². The molecule has 0 unspecified atom stereocenters. The average molecular weight is 272 g/mol. The number of benzene rings is 1. The van der Waals surface area contributed by atoms with Crippen molar-refractivity contribution in [3.8, 4) is 6.07 Å². The van der Waals surface area contributed by atoms with Crippen LogP contribution in [-0.4, -0.2) is 17.5 Å². The first-order valence-corrected chi connectivity index (χ1v) is 7.64. The van der Waals surface area contributed by atoms with Crippen molar-refractivity contribution in [2.24, 2.45) is 5.41 Å². The normalized spacial score (nSPS) is 11.8. The van der Waals surface area contributed by atoms with E-state index in [9.17, 15) is 0 Å². The van der Waals surface area contributed by atoms with Gasteiger partial charge in [0.25, 0.3) is 0 Å². The topological polar surface area (TPSA) is 27.0 Å². The van der Waals surface area contributed by atoms with Gasteiger partial charge >= 0.3 is 0 Å². The quantitative estimate of drug-likeness (QED) is 0.646. The highest BCUT2D eigenvalue weighted by atomic mass is 15.1. The lowest BCUT2D eigenvalue weighted by Crippen LogP contribution is -2.31. The van der Waals surface area contributed by atoms with Gasteiger partial charge in [-0.1, -0.05) is 36.8 Å². The van der Waals surface area contributed by atoms with Crippen LogP contribution in [-0.2, 0) is 6.54 Å². The molecule has 0 heterocycles. The minimum absolute atomic E-state index is 0.178. The van der Waals surface area contributed by atoms with E-state index in [1.807, 2.05) is 13.8 Å². The third-order valence-corrected chi connectivity index (χ3v) is 3.76. The first kappa shape index (κ1) is 16.7. The van der Waals surface area contributed by atoms with Gasteiger partial charge in [0.05, 0.1) is 11.5 Å². The number of hydrogen-bond donors (Lipinski definition) is 0. The van der Waals surface area contributed by atoms with Crippen molar-refractivity contribution in [2.45, 2.75) is 59.5 Å². The summed E-state index contributed by atoms with van der Waals surface area (Å²) in [7, 11) is 0. The summed E-state index contributed by atoms with van der Waals surface area (Å²) in [4.78, 5) is 2.51. The van der Waals surface area contributed by atoms with Gasteiger partial charge in [0.15, 0.2) is 0 Å². The third-order valence-electron chi connectivity index (χ3n) is 3.76. The first-order chi connectivity index (χ1) is 9.44. The van der Waals surface area contributed by atoms with Crippen molar-refractivity contribution in [1.82, 2.24) is 4.90 Å². The molecule has 0 spiro atoms. The summed E-state index contributed by atoms with van der Waals surface area (Å²) in [6.45, 7) is 10.7. The Morgan fingerprint density at radius 3 is 2.35 bits per heavy atom. The Hall–Kier alpha value is -1.33. The third kappa shape index (κ3) is 6.21. The molecule has 0 fully saturated rings. The fourth-order valence-corrected chi connectivity index (χ4v) is 2.28. The van der Waals surface area contributed by atoms with Crippen LogP contribution in [0.4, 0.5) is 0 Å². The summed E-state index contributed by atoms with van der Waals surface area (Å²) in [5.74, 6) is 0. The van der Waals surface area contributed by atoms with E-state index in [2.05, 4.69) is 55.1 Å². The zero-order valence-corrected chi connectivity index (χ0v) is 13.4. The molecule has 1 rings (SSSR count). The van der Waals surface area contributed by atoms with Gasteiger partial charge in [0, 0.05) is 12.6 Å². The molecule has 0 amide bonds. The molecular formula is C18H28N2. The number of nitrogens with zero attached hydrogens (tertiary/aromatic N) is 2. The van der Waals surface area contributed by atoms with Gasteiger partial charge in [-0.15, -0.1) is 0 Å². The van der Waals surface area contributed by atoms with Crippen LogP contribution in [0.1, 0.15) is 52.5 Å². The van der Waals surface area contributed by atoms with E-state index in [0.717, 1.165) is 32.4 Å². The first-order valence-electron chi connectivity index (χ1n) is 7.64. The number of nitriles is 1. The molecule has 2 nitrogen and oxygen atoms in total. The van der Waals surface area contributed by atoms with E-state index in [-0.39, 0.29) is 5.41 Å². The van der Waals surface area contributed by atoms with Gasteiger partial charge in [-0.3, -0.25) is 4.90 Å². The standard InChI is InChI=1S/C18H28N2/c1-16(2)20(14-17-10-6-5-7-11-17)13-9-8-12-18(3,4)15-19/h5-7,10-11,16H,8-9,12-14H2,1-4H3. The Morgan fingerprint density at radius 1 is 1.15 bits per heavy atom. The van der Waals surface area contributed by atoms with Crippen molar-refractivity contribution in [2.75, 3.05) is 6.54 Å². The lowest BCUT2D eigenvalue weighted by molar-refractivity contribution is 0.205. The van der Waals surface area contributed by atoms with E-state index in [1.54, 1.807) is 0 Å². The van der Waals surface area contributed by atoms with Crippen molar-refractivity contribution < 1.29 is 0 Å². The minimum Gasteiger partial charge on any atom is -0.297 e. The molecule has 0 radical (unpaired) electrons.